The highest BCUT2D eigenvalue weighted by atomic mass is 32.2. The number of aryl methyl sites for hydroxylation is 1. The molecule has 0 bridgehead atoms. The third kappa shape index (κ3) is 3.82. The molecule has 2 aliphatic rings. The van der Waals surface area contributed by atoms with Gasteiger partial charge in [-0.1, -0.05) is 31.5 Å². The van der Waals surface area contributed by atoms with E-state index < -0.39 is 10.1 Å². The number of hydrogen-bond donors (Lipinski definition) is 1. The average Bonchev–Trinajstić information content (AvgIpc) is 2.66. The third-order valence-corrected chi connectivity index (χ3v) is 6.37. The van der Waals surface area contributed by atoms with Crippen LogP contribution in [-0.4, -0.2) is 18.0 Å². The number of benzene rings is 3. The van der Waals surface area contributed by atoms with Crippen LogP contribution in [0.15, 0.2) is 70.6 Å². The summed E-state index contributed by atoms with van der Waals surface area (Å²) in [5.41, 5.74) is 3.33. The molecule has 1 heterocycles. The predicted molar refractivity (Wildman–Crippen MR) is 112 cm³/mol. The Kier molecular flexibility index (Phi) is 4.97. The van der Waals surface area contributed by atoms with Gasteiger partial charge in [0.15, 0.2) is 0 Å². The molecule has 0 fully saturated rings. The molecule has 0 unspecified atom stereocenters. The number of para-hydroxylation sites is 1. The van der Waals surface area contributed by atoms with E-state index in [1.807, 2.05) is 12.1 Å². The van der Waals surface area contributed by atoms with Crippen LogP contribution >= 0.6 is 11.3 Å². The Balaban J connectivity index is 1.85. The molecule has 1 aliphatic carbocycles. The second-order valence-electron chi connectivity index (χ2n) is 6.47. The Morgan fingerprint density at radius 1 is 1.07 bits per heavy atom. The van der Waals surface area contributed by atoms with Crippen molar-refractivity contribution in [1.29, 1.82) is 0 Å². The fourth-order valence-electron chi connectivity index (χ4n) is 3.08. The van der Waals surface area contributed by atoms with Crippen molar-refractivity contribution >= 4 is 37.4 Å². The van der Waals surface area contributed by atoms with Crippen molar-refractivity contribution in [3.8, 4) is 10.6 Å². The zero-order valence-electron chi connectivity index (χ0n) is 15.2. The summed E-state index contributed by atoms with van der Waals surface area (Å²) < 4.78 is 33.6. The van der Waals surface area contributed by atoms with Crippen LogP contribution in [0.2, 0.25) is 0 Å². The van der Waals surface area contributed by atoms with Gasteiger partial charge in [0.2, 0.25) is 0 Å². The molecule has 0 aromatic heterocycles. The van der Waals surface area contributed by atoms with E-state index in [0.29, 0.717) is 5.36 Å². The number of fused-ring (bicyclic) bond motifs is 2. The van der Waals surface area contributed by atoms with E-state index >= 15 is 0 Å². The first-order chi connectivity index (χ1) is 13.4. The van der Waals surface area contributed by atoms with E-state index in [4.69, 9.17) is 4.98 Å². The standard InChI is InChI=1S/C21H18N2O3S2/c1-2-5-14-8-11-19-18(12-14)23-16-10-9-15(13-20(16)27-19)22-17-6-3-4-7-21(17)28(24,25)26/h3-4,6-13H,2,5H2,1H3,(H,24,25,26). The molecular weight excluding hydrogens is 392 g/mol. The van der Waals surface area contributed by atoms with Crippen molar-refractivity contribution in [2.24, 2.45) is 4.99 Å². The molecule has 0 saturated heterocycles. The molecule has 0 atom stereocenters. The minimum Gasteiger partial charge on any atom is -0.282 e. The van der Waals surface area contributed by atoms with Crippen LogP contribution < -0.4 is 5.36 Å². The summed E-state index contributed by atoms with van der Waals surface area (Å²) in [6, 6.07) is 18.0. The van der Waals surface area contributed by atoms with Gasteiger partial charge in [0, 0.05) is 0 Å². The van der Waals surface area contributed by atoms with Gasteiger partial charge < -0.3 is 0 Å². The van der Waals surface area contributed by atoms with Crippen molar-refractivity contribution < 1.29 is 13.0 Å². The summed E-state index contributed by atoms with van der Waals surface area (Å²) in [5.74, 6) is 0. The maximum atomic E-state index is 11.6. The maximum absolute atomic E-state index is 11.6. The molecule has 0 amide bonds. The lowest BCUT2D eigenvalue weighted by atomic mass is 10.1. The van der Waals surface area contributed by atoms with Crippen molar-refractivity contribution in [2.75, 3.05) is 0 Å². The van der Waals surface area contributed by atoms with Crippen LogP contribution in [0.25, 0.3) is 20.8 Å². The lowest BCUT2D eigenvalue weighted by molar-refractivity contribution is 0.483. The van der Waals surface area contributed by atoms with Gasteiger partial charge in [-0.3, -0.25) is 4.55 Å². The first-order valence-electron chi connectivity index (χ1n) is 8.89. The Bertz CT molecular complexity index is 1310. The minimum atomic E-state index is -4.34. The molecule has 2 aromatic rings. The van der Waals surface area contributed by atoms with Gasteiger partial charge in [0.1, 0.15) is 4.90 Å². The fourth-order valence-corrected chi connectivity index (χ4v) is 4.69. The van der Waals surface area contributed by atoms with Gasteiger partial charge in [-0.25, -0.2) is 9.98 Å². The molecule has 7 heteroatoms. The van der Waals surface area contributed by atoms with Gasteiger partial charge in [-0.05, 0) is 54.4 Å². The van der Waals surface area contributed by atoms with Crippen LogP contribution in [0, 0.1) is 0 Å². The first-order valence-corrected chi connectivity index (χ1v) is 11.1. The van der Waals surface area contributed by atoms with Crippen LogP contribution in [0.1, 0.15) is 18.9 Å². The molecule has 0 saturated carbocycles. The Morgan fingerprint density at radius 2 is 1.89 bits per heavy atom. The van der Waals surface area contributed by atoms with Crippen molar-refractivity contribution in [3.63, 3.8) is 0 Å². The number of rotatable bonds is 4. The van der Waals surface area contributed by atoms with E-state index in [-0.39, 0.29) is 10.6 Å². The maximum Gasteiger partial charge on any atom is 0.296 e. The van der Waals surface area contributed by atoms with E-state index in [9.17, 15) is 13.0 Å². The molecular formula is C21H18N2O3S2. The smallest absolute Gasteiger partial charge is 0.282 e. The van der Waals surface area contributed by atoms with Crippen LogP contribution in [0.5, 0.6) is 0 Å². The highest BCUT2D eigenvalue weighted by Gasteiger charge is 2.14. The molecule has 1 N–H and O–H groups in total. The van der Waals surface area contributed by atoms with Gasteiger partial charge in [-0.15, -0.1) is 11.3 Å². The van der Waals surface area contributed by atoms with E-state index in [0.717, 1.165) is 33.6 Å². The highest BCUT2D eigenvalue weighted by Crippen LogP contribution is 2.30. The Hall–Kier alpha value is -2.61. The summed E-state index contributed by atoms with van der Waals surface area (Å²) >= 11 is 1.62. The van der Waals surface area contributed by atoms with E-state index in [2.05, 4.69) is 30.1 Å². The molecule has 4 rings (SSSR count). The topological polar surface area (TPSA) is 79.6 Å². The van der Waals surface area contributed by atoms with Gasteiger partial charge in [0.25, 0.3) is 10.1 Å². The van der Waals surface area contributed by atoms with Crippen molar-refractivity contribution in [3.05, 3.63) is 71.6 Å². The molecule has 0 spiro atoms. The zero-order valence-corrected chi connectivity index (χ0v) is 16.8. The molecule has 0 radical (unpaired) electrons. The largest absolute Gasteiger partial charge is 0.296 e. The first kappa shape index (κ1) is 18.7. The second kappa shape index (κ2) is 7.43. The number of nitrogens with zero attached hydrogens (tertiary/aromatic N) is 2. The average molecular weight is 411 g/mol. The minimum absolute atomic E-state index is 0.201. The molecule has 1 aliphatic heterocycles. The summed E-state index contributed by atoms with van der Waals surface area (Å²) in [6.07, 6.45) is 2.13. The van der Waals surface area contributed by atoms with Gasteiger partial charge in [0.05, 0.1) is 31.8 Å². The predicted octanol–water partition coefficient (Wildman–Crippen LogP) is 4.83. The summed E-state index contributed by atoms with van der Waals surface area (Å²) in [7, 11) is -4.34. The summed E-state index contributed by atoms with van der Waals surface area (Å²) in [6.45, 7) is 2.16. The van der Waals surface area contributed by atoms with Gasteiger partial charge in [-0.2, -0.15) is 8.42 Å². The zero-order chi connectivity index (χ0) is 19.7. The second-order valence-corrected chi connectivity index (χ2v) is 8.95. The van der Waals surface area contributed by atoms with Gasteiger partial charge >= 0.3 is 0 Å². The number of hydrogen-bond acceptors (Lipinski definition) is 5. The van der Waals surface area contributed by atoms with Crippen molar-refractivity contribution in [1.82, 2.24) is 4.98 Å². The molecule has 5 nitrogen and oxygen atoms in total. The van der Waals surface area contributed by atoms with Crippen LogP contribution in [0.3, 0.4) is 0 Å². The summed E-state index contributed by atoms with van der Waals surface area (Å²) in [4.78, 5) is 9.92. The van der Waals surface area contributed by atoms with E-state index in [1.54, 1.807) is 35.6 Å². The molecule has 142 valence electrons. The molecule has 28 heavy (non-hydrogen) atoms. The SMILES string of the molecule is CCCc1ccc2sc3cc(=Nc4ccccc4S(=O)(=O)O)ccc-3nc2c1. The fraction of sp³-hybridized carbons (Fsp3) is 0.143. The van der Waals surface area contributed by atoms with E-state index in [1.165, 1.54) is 11.6 Å². The quantitative estimate of drug-likeness (QED) is 0.386. The lowest BCUT2D eigenvalue weighted by Crippen LogP contribution is -2.03. The van der Waals surface area contributed by atoms with Crippen molar-refractivity contribution in [2.45, 2.75) is 24.7 Å². The Labute approximate surface area is 167 Å². The highest BCUT2D eigenvalue weighted by molar-refractivity contribution is 7.86. The third-order valence-electron chi connectivity index (χ3n) is 4.36. The van der Waals surface area contributed by atoms with Crippen LogP contribution in [-0.2, 0) is 16.5 Å². The summed E-state index contributed by atoms with van der Waals surface area (Å²) in [5, 5.41) is 0.601. The normalized spacial score (nSPS) is 12.7. The molecule has 2 aromatic carbocycles. The lowest BCUT2D eigenvalue weighted by Gasteiger charge is -2.08. The monoisotopic (exact) mass is 410 g/mol. The number of aromatic nitrogens is 1. The van der Waals surface area contributed by atoms with Crippen LogP contribution in [0.4, 0.5) is 5.69 Å². The Morgan fingerprint density at radius 3 is 2.68 bits per heavy atom.